The molecular weight excluding hydrogens is 244 g/mol. The first-order valence-corrected chi connectivity index (χ1v) is 6.99. The number of hydrogen-bond donors (Lipinski definition) is 2. The van der Waals surface area contributed by atoms with E-state index in [1.165, 1.54) is 4.90 Å². The van der Waals surface area contributed by atoms with Crippen LogP contribution in [0.25, 0.3) is 0 Å². The van der Waals surface area contributed by atoms with Crippen LogP contribution in [0.3, 0.4) is 0 Å². The van der Waals surface area contributed by atoms with Gasteiger partial charge in [0.1, 0.15) is 6.54 Å². The van der Waals surface area contributed by atoms with E-state index in [2.05, 4.69) is 19.2 Å². The fourth-order valence-corrected chi connectivity index (χ4v) is 1.78. The van der Waals surface area contributed by atoms with Crippen LogP contribution in [0, 0.1) is 11.8 Å². The molecule has 0 aromatic carbocycles. The molecule has 0 radical (unpaired) electrons. The smallest absolute Gasteiger partial charge is 0.323 e. The summed E-state index contributed by atoms with van der Waals surface area (Å²) in [6.07, 6.45) is 1.95. The number of carboxylic acids is 1. The van der Waals surface area contributed by atoms with Crippen molar-refractivity contribution in [3.05, 3.63) is 0 Å². The van der Waals surface area contributed by atoms with Crippen molar-refractivity contribution < 1.29 is 14.7 Å². The summed E-state index contributed by atoms with van der Waals surface area (Å²) in [6, 6.07) is -0.217. The van der Waals surface area contributed by atoms with Gasteiger partial charge in [-0.3, -0.25) is 4.79 Å². The summed E-state index contributed by atoms with van der Waals surface area (Å²) in [5, 5.41) is 11.7. The van der Waals surface area contributed by atoms with Gasteiger partial charge in [0.05, 0.1) is 0 Å². The zero-order chi connectivity index (χ0) is 15.0. The van der Waals surface area contributed by atoms with Crippen LogP contribution in [0.1, 0.15) is 47.5 Å². The van der Waals surface area contributed by atoms with E-state index in [1.807, 2.05) is 20.8 Å². The largest absolute Gasteiger partial charge is 0.480 e. The summed E-state index contributed by atoms with van der Waals surface area (Å²) in [6.45, 7) is 10.4. The van der Waals surface area contributed by atoms with Crippen molar-refractivity contribution in [3.63, 3.8) is 0 Å². The van der Waals surface area contributed by atoms with Gasteiger partial charge in [-0.2, -0.15) is 0 Å². The minimum atomic E-state index is -0.981. The lowest BCUT2D eigenvalue weighted by Gasteiger charge is -2.25. The zero-order valence-electron chi connectivity index (χ0n) is 12.8. The predicted molar refractivity (Wildman–Crippen MR) is 76.1 cm³/mol. The molecule has 0 aliphatic heterocycles. The van der Waals surface area contributed by atoms with Gasteiger partial charge >= 0.3 is 12.0 Å². The van der Waals surface area contributed by atoms with Crippen molar-refractivity contribution in [1.29, 1.82) is 0 Å². The molecule has 0 aliphatic rings. The summed E-state index contributed by atoms with van der Waals surface area (Å²) in [5.74, 6) is -0.133. The van der Waals surface area contributed by atoms with Crippen molar-refractivity contribution in [2.24, 2.45) is 11.8 Å². The van der Waals surface area contributed by atoms with E-state index in [1.54, 1.807) is 0 Å². The Labute approximate surface area is 116 Å². The Balaban J connectivity index is 4.33. The lowest BCUT2D eigenvalue weighted by molar-refractivity contribution is -0.137. The van der Waals surface area contributed by atoms with Crippen LogP contribution in [0.2, 0.25) is 0 Å². The Morgan fingerprint density at radius 3 is 2.05 bits per heavy atom. The summed E-state index contributed by atoms with van der Waals surface area (Å²) < 4.78 is 0. The van der Waals surface area contributed by atoms with E-state index < -0.39 is 5.97 Å². The topological polar surface area (TPSA) is 69.6 Å². The Morgan fingerprint density at radius 2 is 1.63 bits per heavy atom. The summed E-state index contributed by atoms with van der Waals surface area (Å²) in [5.41, 5.74) is 0. The van der Waals surface area contributed by atoms with Crippen LogP contribution in [-0.2, 0) is 4.79 Å². The number of rotatable bonds is 8. The van der Waals surface area contributed by atoms with Gasteiger partial charge in [0, 0.05) is 12.6 Å². The molecule has 2 amide bonds. The van der Waals surface area contributed by atoms with Crippen molar-refractivity contribution in [2.45, 2.75) is 53.5 Å². The highest BCUT2D eigenvalue weighted by molar-refractivity contribution is 5.80. The molecule has 19 heavy (non-hydrogen) atoms. The third kappa shape index (κ3) is 9.33. The van der Waals surface area contributed by atoms with Gasteiger partial charge in [-0.15, -0.1) is 0 Å². The maximum atomic E-state index is 12.0. The van der Waals surface area contributed by atoms with Crippen LogP contribution in [0.4, 0.5) is 4.79 Å². The van der Waals surface area contributed by atoms with Gasteiger partial charge in [-0.05, 0) is 31.6 Å². The Bertz CT molecular complexity index is 290. The Kier molecular flexibility index (Phi) is 8.19. The van der Waals surface area contributed by atoms with E-state index in [4.69, 9.17) is 5.11 Å². The number of nitrogens with zero attached hydrogens (tertiary/aromatic N) is 1. The van der Waals surface area contributed by atoms with E-state index in [-0.39, 0.29) is 24.5 Å². The molecule has 0 fully saturated rings. The van der Waals surface area contributed by atoms with E-state index in [0.29, 0.717) is 12.5 Å². The second-order valence-electron chi connectivity index (χ2n) is 5.99. The highest BCUT2D eigenvalue weighted by atomic mass is 16.4. The molecule has 0 aromatic heterocycles. The summed E-state index contributed by atoms with van der Waals surface area (Å²) in [4.78, 5) is 24.2. The molecule has 2 N–H and O–H groups in total. The molecular formula is C14H28N2O3. The van der Waals surface area contributed by atoms with Gasteiger partial charge in [-0.25, -0.2) is 4.79 Å². The van der Waals surface area contributed by atoms with Crippen LogP contribution in [-0.4, -0.2) is 41.1 Å². The number of carbonyl (C=O) groups excluding carboxylic acids is 1. The van der Waals surface area contributed by atoms with Crippen LogP contribution >= 0.6 is 0 Å². The molecule has 0 spiro atoms. The number of hydrogen-bond acceptors (Lipinski definition) is 2. The molecule has 0 aromatic rings. The first kappa shape index (κ1) is 17.7. The molecule has 0 bridgehead atoms. The number of amides is 2. The molecule has 1 unspecified atom stereocenters. The number of aliphatic carboxylic acids is 1. The van der Waals surface area contributed by atoms with Gasteiger partial charge in [0.25, 0.3) is 0 Å². The average molecular weight is 272 g/mol. The van der Waals surface area contributed by atoms with Crippen molar-refractivity contribution in [2.75, 3.05) is 13.1 Å². The van der Waals surface area contributed by atoms with Crippen molar-refractivity contribution >= 4 is 12.0 Å². The normalized spacial score (nSPS) is 12.6. The average Bonchev–Trinajstić information content (AvgIpc) is 2.24. The Morgan fingerprint density at radius 1 is 1.05 bits per heavy atom. The van der Waals surface area contributed by atoms with E-state index in [0.717, 1.165) is 12.8 Å². The molecule has 0 rings (SSSR count). The van der Waals surface area contributed by atoms with Gasteiger partial charge in [0.15, 0.2) is 0 Å². The minimum Gasteiger partial charge on any atom is -0.480 e. The SMILES string of the molecule is CC(C)CCC(C)NC(=O)N(CC(=O)O)CC(C)C. The molecule has 0 saturated heterocycles. The van der Waals surface area contributed by atoms with Gasteiger partial charge < -0.3 is 15.3 Å². The van der Waals surface area contributed by atoms with Crippen LogP contribution in [0.15, 0.2) is 0 Å². The van der Waals surface area contributed by atoms with Crippen molar-refractivity contribution in [1.82, 2.24) is 10.2 Å². The fraction of sp³-hybridized carbons (Fsp3) is 0.857. The second kappa shape index (κ2) is 8.77. The quantitative estimate of drug-likeness (QED) is 0.713. The molecule has 5 nitrogen and oxygen atoms in total. The standard InChI is InChI=1S/C14H28N2O3/c1-10(2)6-7-12(5)15-14(19)16(8-11(3)4)9-13(17)18/h10-12H,6-9H2,1-5H3,(H,15,19)(H,17,18). The maximum absolute atomic E-state index is 12.0. The summed E-state index contributed by atoms with van der Waals surface area (Å²) >= 11 is 0. The first-order valence-electron chi connectivity index (χ1n) is 6.99. The third-order valence-corrected chi connectivity index (χ3v) is 2.75. The molecule has 5 heteroatoms. The molecule has 0 heterocycles. The maximum Gasteiger partial charge on any atom is 0.323 e. The number of carbonyl (C=O) groups is 2. The molecule has 0 saturated carbocycles. The molecule has 0 aliphatic carbocycles. The second-order valence-corrected chi connectivity index (χ2v) is 5.99. The van der Waals surface area contributed by atoms with Crippen LogP contribution < -0.4 is 5.32 Å². The minimum absolute atomic E-state index is 0.0679. The summed E-state index contributed by atoms with van der Waals surface area (Å²) in [7, 11) is 0. The third-order valence-electron chi connectivity index (χ3n) is 2.75. The van der Waals surface area contributed by atoms with Gasteiger partial charge in [-0.1, -0.05) is 27.7 Å². The highest BCUT2D eigenvalue weighted by Crippen LogP contribution is 2.07. The lowest BCUT2D eigenvalue weighted by atomic mass is 10.0. The fourth-order valence-electron chi connectivity index (χ4n) is 1.78. The van der Waals surface area contributed by atoms with Gasteiger partial charge in [0.2, 0.25) is 0 Å². The predicted octanol–water partition coefficient (Wildman–Crippen LogP) is 2.56. The van der Waals surface area contributed by atoms with E-state index >= 15 is 0 Å². The molecule has 1 atom stereocenters. The zero-order valence-corrected chi connectivity index (χ0v) is 12.8. The Hall–Kier alpha value is -1.26. The lowest BCUT2D eigenvalue weighted by Crippen LogP contribution is -2.47. The number of nitrogens with one attached hydrogen (secondary N) is 1. The number of urea groups is 1. The monoisotopic (exact) mass is 272 g/mol. The first-order chi connectivity index (χ1) is 8.72. The highest BCUT2D eigenvalue weighted by Gasteiger charge is 2.19. The number of carboxylic acid groups (broad SMARTS) is 1. The van der Waals surface area contributed by atoms with Crippen molar-refractivity contribution in [3.8, 4) is 0 Å². The molecule has 112 valence electrons. The van der Waals surface area contributed by atoms with Crippen LogP contribution in [0.5, 0.6) is 0 Å². The van der Waals surface area contributed by atoms with E-state index in [9.17, 15) is 9.59 Å².